The number of hydrogen-bond acceptors (Lipinski definition) is 1. The lowest BCUT2D eigenvalue weighted by Crippen LogP contribution is -2.38. The fourth-order valence-electron chi connectivity index (χ4n) is 2.18. The zero-order valence-corrected chi connectivity index (χ0v) is 13.1. The predicted molar refractivity (Wildman–Crippen MR) is 83.7 cm³/mol. The summed E-state index contributed by atoms with van der Waals surface area (Å²) in [6.07, 6.45) is 0. The van der Waals surface area contributed by atoms with Gasteiger partial charge < -0.3 is 10.6 Å². The zero-order valence-electron chi connectivity index (χ0n) is 13.1. The Labute approximate surface area is 117 Å². The van der Waals surface area contributed by atoms with Gasteiger partial charge >= 0.3 is 0 Å². The molecule has 0 atom stereocenters. The molecule has 0 saturated heterocycles. The summed E-state index contributed by atoms with van der Waals surface area (Å²) in [5.74, 6) is 1.48. The lowest BCUT2D eigenvalue weighted by molar-refractivity contribution is 0.614. The second kappa shape index (κ2) is 7.17. The summed E-state index contributed by atoms with van der Waals surface area (Å²) in [7, 11) is 1.81. The van der Waals surface area contributed by atoms with Gasteiger partial charge in [0.2, 0.25) is 0 Å². The van der Waals surface area contributed by atoms with E-state index >= 15 is 0 Å². The molecule has 0 aliphatic rings. The molecule has 2 N–H and O–H groups in total. The first-order valence-electron chi connectivity index (χ1n) is 6.95. The maximum atomic E-state index is 4.25. The van der Waals surface area contributed by atoms with E-state index in [1.165, 1.54) is 22.3 Å². The van der Waals surface area contributed by atoms with Crippen LogP contribution in [0, 0.1) is 26.7 Å². The Kier molecular flexibility index (Phi) is 5.87. The molecule has 3 nitrogen and oxygen atoms in total. The molecule has 0 aromatic heterocycles. The number of nitrogens with zero attached hydrogens (tertiary/aromatic N) is 1. The van der Waals surface area contributed by atoms with Gasteiger partial charge in [-0.05, 0) is 43.4 Å². The molecule has 1 aromatic rings. The van der Waals surface area contributed by atoms with Crippen molar-refractivity contribution < 1.29 is 0 Å². The number of benzene rings is 1. The van der Waals surface area contributed by atoms with Crippen molar-refractivity contribution in [3.63, 3.8) is 0 Å². The fraction of sp³-hybridized carbons (Fsp3) is 0.562. The molecular weight excluding hydrogens is 234 g/mol. The van der Waals surface area contributed by atoms with E-state index in [-0.39, 0.29) is 0 Å². The highest BCUT2D eigenvalue weighted by Crippen LogP contribution is 2.15. The third-order valence-corrected chi connectivity index (χ3v) is 3.17. The van der Waals surface area contributed by atoms with Crippen LogP contribution in [0.5, 0.6) is 0 Å². The van der Waals surface area contributed by atoms with Gasteiger partial charge in [-0.15, -0.1) is 0 Å². The van der Waals surface area contributed by atoms with Gasteiger partial charge in [0.1, 0.15) is 0 Å². The molecule has 0 spiro atoms. The third-order valence-electron chi connectivity index (χ3n) is 3.17. The van der Waals surface area contributed by atoms with E-state index in [2.05, 4.69) is 62.4 Å². The number of rotatable bonds is 4. The van der Waals surface area contributed by atoms with E-state index in [0.29, 0.717) is 5.92 Å². The van der Waals surface area contributed by atoms with Crippen molar-refractivity contribution in [2.24, 2.45) is 10.9 Å². The van der Waals surface area contributed by atoms with Crippen molar-refractivity contribution in [1.29, 1.82) is 0 Å². The molecule has 0 aliphatic heterocycles. The van der Waals surface area contributed by atoms with Gasteiger partial charge in [0, 0.05) is 20.1 Å². The molecule has 0 aliphatic carbocycles. The quantitative estimate of drug-likeness (QED) is 0.646. The second-order valence-corrected chi connectivity index (χ2v) is 5.58. The van der Waals surface area contributed by atoms with Crippen LogP contribution in [0.25, 0.3) is 0 Å². The lowest BCUT2D eigenvalue weighted by Gasteiger charge is -2.16. The molecule has 19 heavy (non-hydrogen) atoms. The van der Waals surface area contributed by atoms with E-state index in [4.69, 9.17) is 0 Å². The molecular formula is C16H27N3. The minimum absolute atomic E-state index is 0.612. The van der Waals surface area contributed by atoms with E-state index in [9.17, 15) is 0 Å². The standard InChI is InChI=1S/C16H27N3/c1-11(2)9-18-16(17-6)19-10-15-13(4)7-12(3)8-14(15)5/h7-8,11H,9-10H2,1-6H3,(H2,17,18,19). The van der Waals surface area contributed by atoms with Crippen LogP contribution in [0.15, 0.2) is 17.1 Å². The average Bonchev–Trinajstić information content (AvgIpc) is 2.31. The van der Waals surface area contributed by atoms with Crippen LogP contribution in [-0.2, 0) is 6.54 Å². The molecule has 3 heteroatoms. The summed E-state index contributed by atoms with van der Waals surface area (Å²) in [5.41, 5.74) is 5.35. The highest BCUT2D eigenvalue weighted by atomic mass is 15.2. The smallest absolute Gasteiger partial charge is 0.191 e. The minimum atomic E-state index is 0.612. The van der Waals surface area contributed by atoms with E-state index in [0.717, 1.165) is 19.0 Å². The minimum Gasteiger partial charge on any atom is -0.356 e. The molecule has 0 heterocycles. The van der Waals surface area contributed by atoms with Gasteiger partial charge in [-0.3, -0.25) is 4.99 Å². The van der Waals surface area contributed by atoms with Crippen molar-refractivity contribution >= 4 is 5.96 Å². The summed E-state index contributed by atoms with van der Waals surface area (Å²) in [4.78, 5) is 4.25. The van der Waals surface area contributed by atoms with Gasteiger partial charge in [0.15, 0.2) is 5.96 Å². The Morgan fingerprint density at radius 1 is 1.11 bits per heavy atom. The van der Waals surface area contributed by atoms with E-state index in [1.54, 1.807) is 0 Å². The first-order chi connectivity index (χ1) is 8.93. The second-order valence-electron chi connectivity index (χ2n) is 5.58. The summed E-state index contributed by atoms with van der Waals surface area (Å²) in [6, 6.07) is 4.46. The predicted octanol–water partition coefficient (Wildman–Crippen LogP) is 2.93. The SMILES string of the molecule is CN=C(NCc1c(C)cc(C)cc1C)NCC(C)C. The topological polar surface area (TPSA) is 36.4 Å². The summed E-state index contributed by atoms with van der Waals surface area (Å²) in [6.45, 7) is 12.6. The van der Waals surface area contributed by atoms with Crippen LogP contribution in [0.3, 0.4) is 0 Å². The van der Waals surface area contributed by atoms with Crippen LogP contribution in [0.2, 0.25) is 0 Å². The van der Waals surface area contributed by atoms with Crippen LogP contribution >= 0.6 is 0 Å². The van der Waals surface area contributed by atoms with Crippen molar-refractivity contribution in [3.8, 4) is 0 Å². The number of aryl methyl sites for hydroxylation is 3. The number of aliphatic imine (C=N–C) groups is 1. The summed E-state index contributed by atoms with van der Waals surface area (Å²) < 4.78 is 0. The Bertz CT molecular complexity index is 424. The normalized spacial score (nSPS) is 11.8. The van der Waals surface area contributed by atoms with E-state index < -0.39 is 0 Å². The summed E-state index contributed by atoms with van der Waals surface area (Å²) in [5, 5.41) is 6.71. The molecule has 0 amide bonds. The molecule has 0 bridgehead atoms. The van der Waals surface area contributed by atoms with Gasteiger partial charge in [-0.25, -0.2) is 0 Å². The monoisotopic (exact) mass is 261 g/mol. The molecule has 1 aromatic carbocycles. The number of hydrogen-bond donors (Lipinski definition) is 2. The molecule has 0 unspecified atom stereocenters. The van der Waals surface area contributed by atoms with Crippen molar-refractivity contribution in [2.45, 2.75) is 41.2 Å². The largest absolute Gasteiger partial charge is 0.356 e. The van der Waals surface area contributed by atoms with Crippen LogP contribution < -0.4 is 10.6 Å². The van der Waals surface area contributed by atoms with Crippen molar-refractivity contribution in [2.75, 3.05) is 13.6 Å². The van der Waals surface area contributed by atoms with E-state index in [1.807, 2.05) is 7.05 Å². The molecule has 1 rings (SSSR count). The van der Waals surface area contributed by atoms with Crippen LogP contribution in [0.1, 0.15) is 36.1 Å². The fourth-order valence-corrected chi connectivity index (χ4v) is 2.18. The van der Waals surface area contributed by atoms with Crippen LogP contribution in [-0.4, -0.2) is 19.6 Å². The number of nitrogens with one attached hydrogen (secondary N) is 2. The third kappa shape index (κ3) is 4.93. The highest BCUT2D eigenvalue weighted by molar-refractivity contribution is 5.79. The Balaban J connectivity index is 2.65. The molecule has 0 saturated carbocycles. The van der Waals surface area contributed by atoms with Gasteiger partial charge in [-0.2, -0.15) is 0 Å². The van der Waals surface area contributed by atoms with Gasteiger partial charge in [0.25, 0.3) is 0 Å². The first-order valence-corrected chi connectivity index (χ1v) is 6.95. The van der Waals surface area contributed by atoms with Gasteiger partial charge in [-0.1, -0.05) is 31.5 Å². The van der Waals surface area contributed by atoms with Crippen molar-refractivity contribution in [1.82, 2.24) is 10.6 Å². The molecule has 0 radical (unpaired) electrons. The van der Waals surface area contributed by atoms with Crippen LogP contribution in [0.4, 0.5) is 0 Å². The first kappa shape index (κ1) is 15.5. The highest BCUT2D eigenvalue weighted by Gasteiger charge is 2.05. The van der Waals surface area contributed by atoms with Crippen molar-refractivity contribution in [3.05, 3.63) is 34.4 Å². The maximum Gasteiger partial charge on any atom is 0.191 e. The lowest BCUT2D eigenvalue weighted by atomic mass is 10.00. The maximum absolute atomic E-state index is 4.25. The Morgan fingerprint density at radius 2 is 1.68 bits per heavy atom. The van der Waals surface area contributed by atoms with Gasteiger partial charge in [0.05, 0.1) is 0 Å². The summed E-state index contributed by atoms with van der Waals surface area (Å²) >= 11 is 0. The number of guanidine groups is 1. The average molecular weight is 261 g/mol. The Morgan fingerprint density at radius 3 is 2.16 bits per heavy atom. The zero-order chi connectivity index (χ0) is 14.4. The molecule has 0 fully saturated rings. The Hall–Kier alpha value is -1.51. The molecule has 106 valence electrons.